The molecule has 2 spiro atoms. The Hall–Kier alpha value is -3.11. The maximum absolute atomic E-state index is 13.4. The highest BCUT2D eigenvalue weighted by atomic mass is 35.5. The SMILES string of the molecule is CO[C@H]1/C=C/CCN(C)C(=O)C[C@](O)(COCC(=O)O)c2ccc3c(c2)N(CC2(CC2)C1)C[C@@]1(CCCc2cc(Cl)ccc21)CO3. The van der Waals surface area contributed by atoms with Crippen molar-refractivity contribution < 1.29 is 34.0 Å². The van der Waals surface area contributed by atoms with Gasteiger partial charge >= 0.3 is 5.97 Å². The van der Waals surface area contributed by atoms with E-state index in [0.29, 0.717) is 25.1 Å². The van der Waals surface area contributed by atoms with Crippen LogP contribution in [-0.2, 0) is 36.5 Å². The van der Waals surface area contributed by atoms with Crippen LogP contribution in [0.5, 0.6) is 5.75 Å². The molecule has 2 aromatic rings. The molecule has 1 saturated carbocycles. The molecule has 2 N–H and O–H groups in total. The summed E-state index contributed by atoms with van der Waals surface area (Å²) in [7, 11) is 3.47. The number of anilines is 1. The van der Waals surface area contributed by atoms with Crippen LogP contribution in [0.1, 0.15) is 61.6 Å². The number of carbonyl (C=O) groups is 2. The van der Waals surface area contributed by atoms with Crippen LogP contribution in [-0.4, -0.2) is 86.7 Å². The number of methoxy groups -OCH3 is 1. The summed E-state index contributed by atoms with van der Waals surface area (Å²) >= 11 is 6.44. The number of nitrogens with zero attached hydrogens (tertiary/aromatic N) is 2. The van der Waals surface area contributed by atoms with Crippen molar-refractivity contribution in [2.24, 2.45) is 5.41 Å². The Morgan fingerprint density at radius 3 is 2.74 bits per heavy atom. The molecule has 0 aromatic heterocycles. The van der Waals surface area contributed by atoms with Gasteiger partial charge in [0.1, 0.15) is 18.0 Å². The molecule has 2 heterocycles. The summed E-state index contributed by atoms with van der Waals surface area (Å²) in [4.78, 5) is 28.7. The van der Waals surface area contributed by atoms with Gasteiger partial charge < -0.3 is 34.2 Å². The number of hydrogen-bond acceptors (Lipinski definition) is 7. The lowest BCUT2D eigenvalue weighted by Crippen LogP contribution is -2.47. The van der Waals surface area contributed by atoms with Gasteiger partial charge in [-0.15, -0.1) is 0 Å². The summed E-state index contributed by atoms with van der Waals surface area (Å²) in [5.41, 5.74) is 1.95. The van der Waals surface area contributed by atoms with Crippen molar-refractivity contribution in [3.8, 4) is 5.75 Å². The predicted molar refractivity (Wildman–Crippen MR) is 176 cm³/mol. The molecule has 10 heteroatoms. The molecule has 0 saturated heterocycles. The largest absolute Gasteiger partial charge is 0.490 e. The fourth-order valence-electron chi connectivity index (χ4n) is 7.62. The number of ether oxygens (including phenoxy) is 3. The van der Waals surface area contributed by atoms with E-state index in [1.54, 1.807) is 25.1 Å². The molecular weight excluding hydrogens is 608 g/mol. The lowest BCUT2D eigenvalue weighted by atomic mass is 9.70. The Kier molecular flexibility index (Phi) is 9.40. The lowest BCUT2D eigenvalue weighted by Gasteiger charge is -2.42. The van der Waals surface area contributed by atoms with E-state index in [-0.39, 0.29) is 35.9 Å². The smallest absolute Gasteiger partial charge is 0.329 e. The van der Waals surface area contributed by atoms with Crippen molar-refractivity contribution in [3.05, 3.63) is 70.3 Å². The quantitative estimate of drug-likeness (QED) is 0.430. The molecule has 46 heavy (non-hydrogen) atoms. The molecule has 6 rings (SSSR count). The molecule has 4 aliphatic rings. The zero-order valence-electron chi connectivity index (χ0n) is 26.8. The van der Waals surface area contributed by atoms with Crippen LogP contribution in [0.2, 0.25) is 5.02 Å². The fourth-order valence-corrected chi connectivity index (χ4v) is 7.81. The Balaban J connectivity index is 1.44. The molecule has 2 aromatic carbocycles. The number of fused-ring (bicyclic) bond motifs is 3. The molecule has 0 unspecified atom stereocenters. The first-order chi connectivity index (χ1) is 22.0. The van der Waals surface area contributed by atoms with Gasteiger partial charge in [-0.05, 0) is 91.3 Å². The highest BCUT2D eigenvalue weighted by molar-refractivity contribution is 6.30. The van der Waals surface area contributed by atoms with E-state index in [1.165, 1.54) is 11.1 Å². The van der Waals surface area contributed by atoms with Gasteiger partial charge in [0.25, 0.3) is 0 Å². The molecule has 2 aliphatic heterocycles. The van der Waals surface area contributed by atoms with Crippen LogP contribution in [0.3, 0.4) is 0 Å². The van der Waals surface area contributed by atoms with Gasteiger partial charge in [0.15, 0.2) is 0 Å². The van der Waals surface area contributed by atoms with Gasteiger partial charge in [-0.25, -0.2) is 4.79 Å². The van der Waals surface area contributed by atoms with Crippen molar-refractivity contribution in [2.75, 3.05) is 58.5 Å². The Morgan fingerprint density at radius 2 is 1.98 bits per heavy atom. The standard InChI is InChI=1S/C36H45ClN2O7/c1-38-15-4-3-7-28(44-2)18-34(13-14-34)21-39-22-35(12-5-6-25-16-27(37)9-10-29(25)35)23-46-31-11-8-26(17-30(31)39)36(43,19-32(38)40)24-45-20-33(41)42/h3,7-11,16-17,28,43H,4-6,12-15,18-24H2,1-2H3,(H,41,42)/b7-3+/t28-,35-,36-/m0/s1. The summed E-state index contributed by atoms with van der Waals surface area (Å²) in [6.45, 7) is 1.59. The monoisotopic (exact) mass is 652 g/mol. The lowest BCUT2D eigenvalue weighted by molar-refractivity contribution is -0.148. The first kappa shape index (κ1) is 32.8. The maximum Gasteiger partial charge on any atom is 0.329 e. The summed E-state index contributed by atoms with van der Waals surface area (Å²) in [5.74, 6) is -0.683. The molecule has 9 nitrogen and oxygen atoms in total. The number of aryl methyl sites for hydroxylation is 1. The van der Waals surface area contributed by atoms with Crippen LogP contribution >= 0.6 is 11.6 Å². The summed E-state index contributed by atoms with van der Waals surface area (Å²) in [5, 5.41) is 22.1. The summed E-state index contributed by atoms with van der Waals surface area (Å²) in [6, 6.07) is 11.8. The highest BCUT2D eigenvalue weighted by Gasteiger charge is 2.49. The van der Waals surface area contributed by atoms with Crippen molar-refractivity contribution in [1.82, 2.24) is 4.90 Å². The van der Waals surface area contributed by atoms with Gasteiger partial charge in [0, 0.05) is 44.2 Å². The topological polar surface area (TPSA) is 109 Å². The number of aliphatic hydroxyl groups is 1. The van der Waals surface area contributed by atoms with Gasteiger partial charge in [-0.3, -0.25) is 4.79 Å². The number of amides is 1. The molecule has 3 atom stereocenters. The average molecular weight is 653 g/mol. The van der Waals surface area contributed by atoms with E-state index in [4.69, 9.17) is 25.8 Å². The van der Waals surface area contributed by atoms with E-state index in [2.05, 4.69) is 29.2 Å². The highest BCUT2D eigenvalue weighted by Crippen LogP contribution is 2.53. The number of hydrogen-bond donors (Lipinski definition) is 2. The molecule has 248 valence electrons. The number of aliphatic carboxylic acids is 1. The second-order valence-electron chi connectivity index (χ2n) is 13.9. The first-order valence-corrected chi connectivity index (χ1v) is 16.7. The predicted octanol–water partition coefficient (Wildman–Crippen LogP) is 5.10. The van der Waals surface area contributed by atoms with Crippen LogP contribution in [0, 0.1) is 5.41 Å². The molecule has 2 aliphatic carbocycles. The molecular formula is C36H45ClN2O7. The third-order valence-corrected chi connectivity index (χ3v) is 10.6. The number of carbonyl (C=O) groups excluding carboxylic acids is 1. The van der Waals surface area contributed by atoms with Gasteiger partial charge in [0.2, 0.25) is 5.91 Å². The minimum absolute atomic E-state index is 0.0339. The fraction of sp³-hybridized carbons (Fsp3) is 0.556. The number of benzene rings is 2. The van der Waals surface area contributed by atoms with Gasteiger partial charge in [-0.2, -0.15) is 0 Å². The van der Waals surface area contributed by atoms with Gasteiger partial charge in [0.05, 0.1) is 31.4 Å². The number of rotatable bonds is 5. The molecule has 1 amide bonds. The molecule has 2 bridgehead atoms. The van der Waals surface area contributed by atoms with Crippen LogP contribution < -0.4 is 9.64 Å². The minimum Gasteiger partial charge on any atom is -0.490 e. The van der Waals surface area contributed by atoms with Crippen molar-refractivity contribution in [1.29, 1.82) is 0 Å². The van der Waals surface area contributed by atoms with Gasteiger partial charge in [-0.1, -0.05) is 35.9 Å². The van der Waals surface area contributed by atoms with Crippen LogP contribution in [0.4, 0.5) is 5.69 Å². The Bertz CT molecular complexity index is 1490. The van der Waals surface area contributed by atoms with Crippen molar-refractivity contribution in [2.45, 2.75) is 68.5 Å². The molecule has 0 radical (unpaired) electrons. The van der Waals surface area contributed by atoms with E-state index in [0.717, 1.165) is 68.1 Å². The second-order valence-corrected chi connectivity index (χ2v) is 14.3. The van der Waals surface area contributed by atoms with Crippen molar-refractivity contribution in [3.63, 3.8) is 0 Å². The van der Waals surface area contributed by atoms with E-state index < -0.39 is 18.2 Å². The van der Waals surface area contributed by atoms with Crippen molar-refractivity contribution >= 4 is 29.2 Å². The second kappa shape index (κ2) is 13.2. The first-order valence-electron chi connectivity index (χ1n) is 16.3. The van der Waals surface area contributed by atoms with Crippen LogP contribution in [0.25, 0.3) is 0 Å². The number of halogens is 1. The van der Waals surface area contributed by atoms with Crippen LogP contribution in [0.15, 0.2) is 48.6 Å². The number of carboxylic acids is 1. The third-order valence-electron chi connectivity index (χ3n) is 10.4. The van der Waals surface area contributed by atoms with E-state index in [9.17, 15) is 19.8 Å². The summed E-state index contributed by atoms with van der Waals surface area (Å²) in [6.07, 6.45) is 10.6. The minimum atomic E-state index is -1.75. The zero-order valence-corrected chi connectivity index (χ0v) is 27.6. The van der Waals surface area contributed by atoms with E-state index in [1.807, 2.05) is 18.2 Å². The third kappa shape index (κ3) is 6.93. The normalized spacial score (nSPS) is 28.3. The number of carboxylic acid groups (broad SMARTS) is 1. The Labute approximate surface area is 276 Å². The Morgan fingerprint density at radius 1 is 1.15 bits per heavy atom. The zero-order chi connectivity index (χ0) is 32.5. The maximum atomic E-state index is 13.4. The summed E-state index contributed by atoms with van der Waals surface area (Å²) < 4.78 is 18.0. The average Bonchev–Trinajstić information content (AvgIpc) is 3.80. The van der Waals surface area contributed by atoms with E-state index >= 15 is 0 Å². The molecule has 1 fully saturated rings.